The van der Waals surface area contributed by atoms with Crippen molar-refractivity contribution >= 4 is 11.8 Å². The van der Waals surface area contributed by atoms with E-state index in [1.54, 1.807) is 0 Å². The summed E-state index contributed by atoms with van der Waals surface area (Å²) in [5.74, 6) is 1.95. The lowest BCUT2D eigenvalue weighted by atomic mass is 10.3. The average molecular weight is 133 g/mol. The zero-order valence-corrected chi connectivity index (χ0v) is 6.66. The molecule has 2 heteroatoms. The molecule has 1 nitrogen and oxygen atoms in total. The second-order valence-electron chi connectivity index (χ2n) is 2.43. The summed E-state index contributed by atoms with van der Waals surface area (Å²) in [5, 5.41) is 0.303. The lowest BCUT2D eigenvalue weighted by molar-refractivity contribution is 0.747. The van der Waals surface area contributed by atoms with Gasteiger partial charge < -0.3 is 5.73 Å². The van der Waals surface area contributed by atoms with Gasteiger partial charge in [0.2, 0.25) is 0 Å². The molecule has 0 aromatic heterocycles. The summed E-state index contributed by atoms with van der Waals surface area (Å²) in [4.78, 5) is 0. The summed E-state index contributed by atoms with van der Waals surface area (Å²) in [6.07, 6.45) is 0. The van der Waals surface area contributed by atoms with Crippen LogP contribution in [-0.2, 0) is 0 Å². The molecule has 0 saturated heterocycles. The van der Waals surface area contributed by atoms with Crippen LogP contribution in [0.5, 0.6) is 0 Å². The molecular formula is C6H15NS. The molecule has 1 atom stereocenters. The van der Waals surface area contributed by atoms with E-state index in [1.807, 2.05) is 18.7 Å². The maximum absolute atomic E-state index is 5.50. The van der Waals surface area contributed by atoms with Crippen LogP contribution in [0.4, 0.5) is 0 Å². The normalized spacial score (nSPS) is 14.6. The summed E-state index contributed by atoms with van der Waals surface area (Å²) >= 11 is 1.82. The Morgan fingerprint density at radius 3 is 2.00 bits per heavy atom. The van der Waals surface area contributed by atoms with E-state index in [9.17, 15) is 0 Å². The molecule has 0 aromatic rings. The van der Waals surface area contributed by atoms with E-state index in [0.717, 1.165) is 5.92 Å². The van der Waals surface area contributed by atoms with Crippen molar-refractivity contribution in [3.63, 3.8) is 0 Å². The average Bonchev–Trinajstić information content (AvgIpc) is 1.61. The van der Waals surface area contributed by atoms with Gasteiger partial charge in [-0.2, -0.15) is 0 Å². The van der Waals surface area contributed by atoms with Gasteiger partial charge in [0.1, 0.15) is 0 Å². The third-order valence-electron chi connectivity index (χ3n) is 0.692. The molecule has 0 aliphatic heterocycles. The van der Waals surface area contributed by atoms with Gasteiger partial charge in [-0.15, -0.1) is 11.8 Å². The molecule has 0 fully saturated rings. The van der Waals surface area contributed by atoms with Crippen molar-refractivity contribution in [2.75, 3.05) is 5.75 Å². The molecule has 0 bridgehead atoms. The van der Waals surface area contributed by atoms with Crippen molar-refractivity contribution in [1.29, 1.82) is 0 Å². The summed E-state index contributed by atoms with van der Waals surface area (Å²) < 4.78 is 0. The van der Waals surface area contributed by atoms with Crippen molar-refractivity contribution in [2.24, 2.45) is 11.7 Å². The van der Waals surface area contributed by atoms with Crippen molar-refractivity contribution in [3.8, 4) is 0 Å². The Kier molecular flexibility index (Phi) is 4.38. The van der Waals surface area contributed by atoms with Crippen LogP contribution in [0, 0.1) is 5.92 Å². The summed E-state index contributed by atoms with van der Waals surface area (Å²) in [7, 11) is 0. The number of rotatable bonds is 3. The van der Waals surface area contributed by atoms with Gasteiger partial charge in [0.05, 0.1) is 0 Å². The Balaban J connectivity index is 2.93. The fourth-order valence-electron chi connectivity index (χ4n) is 0.344. The van der Waals surface area contributed by atoms with Gasteiger partial charge in [0.25, 0.3) is 0 Å². The Hall–Kier alpha value is 0.310. The first-order valence-electron chi connectivity index (χ1n) is 3.00. The van der Waals surface area contributed by atoms with Crippen LogP contribution in [0.15, 0.2) is 0 Å². The highest BCUT2D eigenvalue weighted by Crippen LogP contribution is 2.09. The zero-order valence-electron chi connectivity index (χ0n) is 5.85. The minimum absolute atomic E-state index is 0.303. The van der Waals surface area contributed by atoms with Gasteiger partial charge in [-0.3, -0.25) is 0 Å². The predicted molar refractivity (Wildman–Crippen MR) is 40.9 cm³/mol. The number of hydrogen-bond acceptors (Lipinski definition) is 2. The third-order valence-corrected chi connectivity index (χ3v) is 2.08. The smallest absolute Gasteiger partial charge is 0.0478 e. The Bertz CT molecular complexity index is 44.5. The quantitative estimate of drug-likeness (QED) is 0.593. The van der Waals surface area contributed by atoms with E-state index in [-0.39, 0.29) is 0 Å². The molecule has 0 aliphatic carbocycles. The first-order chi connectivity index (χ1) is 3.63. The second kappa shape index (κ2) is 4.21. The molecule has 0 radical (unpaired) electrons. The van der Waals surface area contributed by atoms with Crippen LogP contribution in [0.25, 0.3) is 0 Å². The van der Waals surface area contributed by atoms with Crippen molar-refractivity contribution < 1.29 is 0 Å². The minimum atomic E-state index is 0.303. The molecule has 1 unspecified atom stereocenters. The lowest BCUT2D eigenvalue weighted by Gasteiger charge is -2.05. The molecule has 0 heterocycles. The van der Waals surface area contributed by atoms with Gasteiger partial charge in [-0.25, -0.2) is 0 Å². The fraction of sp³-hybridized carbons (Fsp3) is 1.00. The molecule has 0 rings (SSSR count). The highest BCUT2D eigenvalue weighted by molar-refractivity contribution is 7.99. The molecule has 2 N–H and O–H groups in total. The maximum atomic E-state index is 5.50. The standard InChI is InChI=1S/C6H15NS/c1-5(2)4-8-6(3)7/h5-6H,4,7H2,1-3H3. The first-order valence-corrected chi connectivity index (χ1v) is 4.05. The van der Waals surface area contributed by atoms with Crippen molar-refractivity contribution in [1.82, 2.24) is 0 Å². The first kappa shape index (κ1) is 8.31. The van der Waals surface area contributed by atoms with E-state index in [4.69, 9.17) is 5.73 Å². The number of nitrogens with two attached hydrogens (primary N) is 1. The maximum Gasteiger partial charge on any atom is 0.0478 e. The molecule has 0 spiro atoms. The van der Waals surface area contributed by atoms with Gasteiger partial charge in [0, 0.05) is 5.37 Å². The lowest BCUT2D eigenvalue weighted by Crippen LogP contribution is -2.11. The van der Waals surface area contributed by atoms with Crippen molar-refractivity contribution in [3.05, 3.63) is 0 Å². The summed E-state index contributed by atoms with van der Waals surface area (Å²) in [6, 6.07) is 0. The molecule has 0 aromatic carbocycles. The van der Waals surface area contributed by atoms with Gasteiger partial charge in [-0.1, -0.05) is 13.8 Å². The van der Waals surface area contributed by atoms with Crippen LogP contribution in [0.2, 0.25) is 0 Å². The van der Waals surface area contributed by atoms with Crippen LogP contribution in [0.1, 0.15) is 20.8 Å². The highest BCUT2D eigenvalue weighted by atomic mass is 32.2. The van der Waals surface area contributed by atoms with E-state index in [1.165, 1.54) is 5.75 Å². The predicted octanol–water partition coefficient (Wildman–Crippen LogP) is 1.68. The molecule has 0 amide bonds. The van der Waals surface area contributed by atoms with Gasteiger partial charge in [-0.05, 0) is 18.6 Å². The van der Waals surface area contributed by atoms with Crippen molar-refractivity contribution in [2.45, 2.75) is 26.1 Å². The van der Waals surface area contributed by atoms with Crippen LogP contribution < -0.4 is 5.73 Å². The van der Waals surface area contributed by atoms with Crippen LogP contribution in [0.3, 0.4) is 0 Å². The third kappa shape index (κ3) is 6.31. The SMILES string of the molecule is CC(C)CSC(C)N. The van der Waals surface area contributed by atoms with E-state index < -0.39 is 0 Å². The molecule has 0 saturated carbocycles. The Morgan fingerprint density at radius 1 is 1.38 bits per heavy atom. The molecule has 8 heavy (non-hydrogen) atoms. The summed E-state index contributed by atoms with van der Waals surface area (Å²) in [6.45, 7) is 6.43. The van der Waals surface area contributed by atoms with E-state index >= 15 is 0 Å². The fourth-order valence-corrected chi connectivity index (χ4v) is 1.03. The Morgan fingerprint density at radius 2 is 1.88 bits per heavy atom. The minimum Gasteiger partial charge on any atom is -0.320 e. The number of thioether (sulfide) groups is 1. The molecule has 0 aliphatic rings. The number of hydrogen-bond donors (Lipinski definition) is 1. The van der Waals surface area contributed by atoms with Crippen LogP contribution in [-0.4, -0.2) is 11.1 Å². The molecule has 50 valence electrons. The largest absolute Gasteiger partial charge is 0.320 e. The zero-order chi connectivity index (χ0) is 6.57. The van der Waals surface area contributed by atoms with E-state index in [2.05, 4.69) is 13.8 Å². The highest BCUT2D eigenvalue weighted by Gasteiger charge is 1.96. The summed E-state index contributed by atoms with van der Waals surface area (Å²) in [5.41, 5.74) is 5.50. The monoisotopic (exact) mass is 133 g/mol. The topological polar surface area (TPSA) is 26.0 Å². The Labute approximate surface area is 56.0 Å². The van der Waals surface area contributed by atoms with E-state index in [0.29, 0.717) is 5.37 Å². The van der Waals surface area contributed by atoms with Crippen LogP contribution >= 0.6 is 11.8 Å². The van der Waals surface area contributed by atoms with Gasteiger partial charge >= 0.3 is 0 Å². The molecular weight excluding hydrogens is 118 g/mol. The second-order valence-corrected chi connectivity index (χ2v) is 3.84. The van der Waals surface area contributed by atoms with Gasteiger partial charge in [0.15, 0.2) is 0 Å².